The monoisotopic (exact) mass is 812 g/mol. The Kier molecular flexibility index (Phi) is 15.3. The zero-order chi connectivity index (χ0) is 42.6. The van der Waals surface area contributed by atoms with E-state index in [0.717, 1.165) is 12.8 Å². The number of unbranched alkanes of at least 4 members (excludes halogenated alkanes) is 2. The first-order valence-corrected chi connectivity index (χ1v) is 20.1. The molecular weight excluding hydrogens is 757 g/mol. The van der Waals surface area contributed by atoms with Gasteiger partial charge in [0, 0.05) is 81.5 Å². The van der Waals surface area contributed by atoms with Gasteiger partial charge in [-0.2, -0.15) is 5.26 Å². The standard InChI is InChI=1S/C42H56N10O7/c1-29-27-50(17-18-51(29)36(54)26-46-35(53)12-8-7-9-19-57-21-22-58-20-16-45-40(56)59-41(2,3)4)39-47-24-31(25-48-39)33-14-13-32-37(55)42(5,6)52(38(32)49-33)28-30-11-10-15-44-34(30)23-43/h10-11,13-15,24-25,29H,7-9,12,16-22,26-28H2,1-6H3,(H,45,56)(H,46,53)/t29-/m1/s1. The Labute approximate surface area is 345 Å². The lowest BCUT2D eigenvalue weighted by Gasteiger charge is -2.39. The van der Waals surface area contributed by atoms with Gasteiger partial charge in [-0.05, 0) is 72.6 Å². The van der Waals surface area contributed by atoms with Crippen LogP contribution < -0.4 is 20.4 Å². The van der Waals surface area contributed by atoms with Crippen molar-refractivity contribution in [3.63, 3.8) is 0 Å². The van der Waals surface area contributed by atoms with E-state index in [2.05, 4.69) is 31.7 Å². The molecule has 1 fully saturated rings. The minimum absolute atomic E-state index is 0.0486. The number of ether oxygens (including phenoxy) is 3. The lowest BCUT2D eigenvalue weighted by atomic mass is 9.97. The summed E-state index contributed by atoms with van der Waals surface area (Å²) in [5, 5.41) is 15.0. The minimum Gasteiger partial charge on any atom is -0.444 e. The molecule has 59 heavy (non-hydrogen) atoms. The van der Waals surface area contributed by atoms with Gasteiger partial charge in [-0.3, -0.25) is 14.4 Å². The molecule has 5 rings (SSSR count). The summed E-state index contributed by atoms with van der Waals surface area (Å²) in [6.45, 7) is 15.0. The van der Waals surface area contributed by atoms with Crippen LogP contribution in [0, 0.1) is 11.3 Å². The Bertz CT molecular complexity index is 1980. The molecule has 0 radical (unpaired) electrons. The van der Waals surface area contributed by atoms with Crippen molar-refractivity contribution in [1.29, 1.82) is 5.26 Å². The highest BCUT2D eigenvalue weighted by Crippen LogP contribution is 2.39. The Hall–Kier alpha value is -5.73. The van der Waals surface area contributed by atoms with Crippen LogP contribution in [-0.4, -0.2) is 125 Å². The van der Waals surface area contributed by atoms with Crippen molar-refractivity contribution in [2.75, 3.05) is 69.0 Å². The number of ketones is 1. The molecule has 1 atom stereocenters. The topological polar surface area (TPSA) is 205 Å². The number of nitrogens with zero attached hydrogens (tertiary/aromatic N) is 8. The number of nitriles is 1. The summed E-state index contributed by atoms with van der Waals surface area (Å²) >= 11 is 0. The summed E-state index contributed by atoms with van der Waals surface area (Å²) < 4.78 is 16.2. The molecule has 0 aromatic carbocycles. The van der Waals surface area contributed by atoms with E-state index in [1.165, 1.54) is 0 Å². The quantitative estimate of drug-likeness (QED) is 0.174. The molecule has 316 valence electrons. The van der Waals surface area contributed by atoms with E-state index in [0.29, 0.717) is 112 Å². The number of carbonyl (C=O) groups is 4. The summed E-state index contributed by atoms with van der Waals surface area (Å²) in [6, 6.07) is 9.18. The van der Waals surface area contributed by atoms with Gasteiger partial charge in [0.05, 0.1) is 43.2 Å². The average Bonchev–Trinajstić information content (AvgIpc) is 3.39. The fraction of sp³-hybridized carbons (Fsp3) is 0.548. The van der Waals surface area contributed by atoms with Crippen molar-refractivity contribution >= 4 is 35.5 Å². The third-order valence-electron chi connectivity index (χ3n) is 10.0. The summed E-state index contributed by atoms with van der Waals surface area (Å²) in [6.07, 6.45) is 7.17. The predicted octanol–water partition coefficient (Wildman–Crippen LogP) is 4.06. The summed E-state index contributed by atoms with van der Waals surface area (Å²) in [4.78, 5) is 74.5. The number of Topliss-reactive ketones (excluding diaryl/α,β-unsaturated/α-hetero) is 1. The van der Waals surface area contributed by atoms with Gasteiger partial charge in [0.2, 0.25) is 17.8 Å². The number of piperazine rings is 1. The van der Waals surface area contributed by atoms with E-state index in [1.54, 1.807) is 62.5 Å². The van der Waals surface area contributed by atoms with Crippen LogP contribution in [-0.2, 0) is 30.3 Å². The molecule has 0 aliphatic carbocycles. The number of fused-ring (bicyclic) bond motifs is 1. The van der Waals surface area contributed by atoms with Crippen molar-refractivity contribution in [2.45, 2.75) is 91.0 Å². The Morgan fingerprint density at radius 3 is 2.42 bits per heavy atom. The molecule has 0 saturated carbocycles. The predicted molar refractivity (Wildman–Crippen MR) is 220 cm³/mol. The number of aromatic nitrogens is 4. The highest BCUT2D eigenvalue weighted by molar-refractivity contribution is 6.12. The second-order valence-corrected chi connectivity index (χ2v) is 16.1. The number of carbonyl (C=O) groups excluding carboxylic acids is 4. The number of rotatable bonds is 18. The summed E-state index contributed by atoms with van der Waals surface area (Å²) in [5.74, 6) is 0.722. The number of nitrogens with one attached hydrogen (secondary N) is 2. The first kappa shape index (κ1) is 44.4. The van der Waals surface area contributed by atoms with Gasteiger partial charge in [0.1, 0.15) is 23.2 Å². The molecule has 2 aliphatic rings. The molecule has 2 aliphatic heterocycles. The second-order valence-electron chi connectivity index (χ2n) is 16.1. The van der Waals surface area contributed by atoms with Crippen LogP contribution in [0.4, 0.5) is 16.6 Å². The van der Waals surface area contributed by atoms with Crippen LogP contribution in [0.5, 0.6) is 0 Å². The second kappa shape index (κ2) is 20.3. The Morgan fingerprint density at radius 2 is 1.71 bits per heavy atom. The third-order valence-corrected chi connectivity index (χ3v) is 10.0. The number of alkyl carbamates (subject to hydrolysis) is 1. The smallest absolute Gasteiger partial charge is 0.407 e. The summed E-state index contributed by atoms with van der Waals surface area (Å²) in [5.41, 5.74) is 1.41. The lowest BCUT2D eigenvalue weighted by Crippen LogP contribution is -2.56. The largest absolute Gasteiger partial charge is 0.444 e. The van der Waals surface area contributed by atoms with Crippen molar-refractivity contribution < 1.29 is 33.4 Å². The van der Waals surface area contributed by atoms with E-state index in [4.69, 9.17) is 19.2 Å². The molecule has 1 saturated heterocycles. The van der Waals surface area contributed by atoms with E-state index in [9.17, 15) is 24.4 Å². The van der Waals surface area contributed by atoms with E-state index < -0.39 is 17.2 Å². The average molecular weight is 813 g/mol. The molecule has 3 aromatic heterocycles. The SMILES string of the molecule is C[C@@H]1CN(c2ncc(-c3ccc4c(n3)N(Cc3cccnc3C#N)C(C)(C)C4=O)cn2)CCN1C(=O)CNC(=O)CCCCCOCCOCCNC(=O)OC(C)(C)C. The van der Waals surface area contributed by atoms with Gasteiger partial charge in [-0.1, -0.05) is 12.5 Å². The van der Waals surface area contributed by atoms with Crippen LogP contribution in [0.2, 0.25) is 0 Å². The van der Waals surface area contributed by atoms with E-state index in [-0.39, 0.29) is 30.2 Å². The van der Waals surface area contributed by atoms with Crippen molar-refractivity contribution in [2.24, 2.45) is 0 Å². The maximum absolute atomic E-state index is 13.4. The van der Waals surface area contributed by atoms with Crippen LogP contribution in [0.15, 0.2) is 42.9 Å². The Balaban J connectivity index is 0.991. The number of anilines is 2. The third kappa shape index (κ3) is 12.1. The first-order chi connectivity index (χ1) is 28.2. The minimum atomic E-state index is -0.870. The molecule has 17 nitrogen and oxygen atoms in total. The van der Waals surface area contributed by atoms with E-state index >= 15 is 0 Å². The number of amides is 3. The molecule has 17 heteroatoms. The summed E-state index contributed by atoms with van der Waals surface area (Å²) in [7, 11) is 0. The maximum Gasteiger partial charge on any atom is 0.407 e. The van der Waals surface area contributed by atoms with Crippen molar-refractivity contribution in [1.82, 2.24) is 35.5 Å². The molecule has 0 spiro atoms. The van der Waals surface area contributed by atoms with Crippen LogP contribution in [0.3, 0.4) is 0 Å². The van der Waals surface area contributed by atoms with Gasteiger partial charge < -0.3 is 39.5 Å². The lowest BCUT2D eigenvalue weighted by molar-refractivity contribution is -0.134. The van der Waals surface area contributed by atoms with Gasteiger partial charge in [-0.15, -0.1) is 0 Å². The maximum atomic E-state index is 13.4. The molecule has 3 aromatic rings. The number of hydrogen-bond donors (Lipinski definition) is 2. The highest BCUT2D eigenvalue weighted by Gasteiger charge is 2.45. The molecule has 0 bridgehead atoms. The first-order valence-electron chi connectivity index (χ1n) is 20.1. The van der Waals surface area contributed by atoms with Crippen LogP contribution in [0.1, 0.15) is 88.8 Å². The van der Waals surface area contributed by atoms with E-state index in [1.807, 2.05) is 36.6 Å². The zero-order valence-electron chi connectivity index (χ0n) is 35.0. The fourth-order valence-corrected chi connectivity index (χ4v) is 6.84. The fourth-order valence-electron chi connectivity index (χ4n) is 6.84. The molecule has 5 heterocycles. The molecular formula is C42H56N10O7. The number of pyridine rings is 2. The molecule has 2 N–H and O–H groups in total. The molecule has 3 amide bonds. The van der Waals surface area contributed by atoms with Crippen LogP contribution >= 0.6 is 0 Å². The van der Waals surface area contributed by atoms with Crippen molar-refractivity contribution in [3.05, 3.63) is 59.7 Å². The molecule has 0 unspecified atom stereocenters. The van der Waals surface area contributed by atoms with Gasteiger partial charge >= 0.3 is 6.09 Å². The highest BCUT2D eigenvalue weighted by atomic mass is 16.6. The Morgan fingerprint density at radius 1 is 0.966 bits per heavy atom. The normalized spacial score (nSPS) is 16.1. The van der Waals surface area contributed by atoms with Crippen LogP contribution in [0.25, 0.3) is 11.3 Å². The van der Waals surface area contributed by atoms with Gasteiger partial charge in [0.15, 0.2) is 5.78 Å². The van der Waals surface area contributed by atoms with Crippen molar-refractivity contribution in [3.8, 4) is 17.3 Å². The zero-order valence-corrected chi connectivity index (χ0v) is 35.0. The number of hydrogen-bond acceptors (Lipinski definition) is 14. The van der Waals surface area contributed by atoms with Gasteiger partial charge in [-0.25, -0.2) is 24.7 Å². The van der Waals surface area contributed by atoms with Gasteiger partial charge in [0.25, 0.3) is 0 Å².